The summed E-state index contributed by atoms with van der Waals surface area (Å²) < 4.78 is 5.43. The van der Waals surface area contributed by atoms with Gasteiger partial charge in [-0.05, 0) is 26.2 Å². The highest BCUT2D eigenvalue weighted by Gasteiger charge is 1.98. The Morgan fingerprint density at radius 1 is 1.44 bits per heavy atom. The highest BCUT2D eigenvalue weighted by Crippen LogP contribution is 2.16. The van der Waals surface area contributed by atoms with Crippen molar-refractivity contribution < 1.29 is 4.74 Å². The zero-order valence-corrected chi connectivity index (χ0v) is 10.5. The summed E-state index contributed by atoms with van der Waals surface area (Å²) in [5.74, 6) is 0.709. The zero-order chi connectivity index (χ0) is 11.8. The molecule has 0 aliphatic carbocycles. The van der Waals surface area contributed by atoms with Crippen molar-refractivity contribution in [2.24, 2.45) is 0 Å². The van der Waals surface area contributed by atoms with Gasteiger partial charge in [-0.15, -0.1) is 0 Å². The number of hydrogen-bond acceptors (Lipinski definition) is 4. The van der Waals surface area contributed by atoms with E-state index in [-0.39, 0.29) is 0 Å². The molecule has 1 heterocycles. The predicted octanol–water partition coefficient (Wildman–Crippen LogP) is 1.73. The summed E-state index contributed by atoms with van der Waals surface area (Å²) >= 11 is 5.93. The van der Waals surface area contributed by atoms with Crippen LogP contribution in [0.1, 0.15) is 0 Å². The first kappa shape index (κ1) is 13.2. The normalized spacial score (nSPS) is 10.8. The van der Waals surface area contributed by atoms with Crippen molar-refractivity contribution in [3.8, 4) is 0 Å². The lowest BCUT2D eigenvalue weighted by molar-refractivity contribution is 0.126. The average molecular weight is 244 g/mol. The zero-order valence-electron chi connectivity index (χ0n) is 9.74. The van der Waals surface area contributed by atoms with Crippen molar-refractivity contribution in [2.45, 2.75) is 0 Å². The van der Waals surface area contributed by atoms with Crippen molar-refractivity contribution in [2.75, 3.05) is 45.7 Å². The van der Waals surface area contributed by atoms with E-state index in [0.717, 1.165) is 13.2 Å². The van der Waals surface area contributed by atoms with Crippen molar-refractivity contribution in [3.05, 3.63) is 23.4 Å². The van der Waals surface area contributed by atoms with Gasteiger partial charge in [0.15, 0.2) is 0 Å². The lowest BCUT2D eigenvalue weighted by Crippen LogP contribution is -2.20. The fraction of sp³-hybridized carbons (Fsp3) is 0.545. The van der Waals surface area contributed by atoms with E-state index in [4.69, 9.17) is 16.3 Å². The number of ether oxygens (including phenoxy) is 1. The van der Waals surface area contributed by atoms with E-state index in [1.54, 1.807) is 12.3 Å². The second-order valence-corrected chi connectivity index (χ2v) is 4.08. The summed E-state index contributed by atoms with van der Waals surface area (Å²) in [6.07, 6.45) is 1.71. The fourth-order valence-corrected chi connectivity index (χ4v) is 1.29. The fourth-order valence-electron chi connectivity index (χ4n) is 1.11. The lowest BCUT2D eigenvalue weighted by atomic mass is 10.4. The molecule has 90 valence electrons. The molecule has 0 radical (unpaired) electrons. The Hall–Kier alpha value is -0.840. The number of nitrogens with one attached hydrogen (secondary N) is 1. The third-order valence-electron chi connectivity index (χ3n) is 1.98. The third-order valence-corrected chi connectivity index (χ3v) is 2.29. The molecule has 0 aliphatic rings. The number of nitrogens with zero attached hydrogens (tertiary/aromatic N) is 2. The monoisotopic (exact) mass is 243 g/mol. The van der Waals surface area contributed by atoms with Crippen LogP contribution in [0.5, 0.6) is 0 Å². The molecule has 4 nitrogen and oxygen atoms in total. The maximum atomic E-state index is 5.93. The minimum Gasteiger partial charge on any atom is -0.378 e. The van der Waals surface area contributed by atoms with Crippen LogP contribution in [0.15, 0.2) is 18.3 Å². The van der Waals surface area contributed by atoms with Gasteiger partial charge in [-0.25, -0.2) is 4.98 Å². The van der Waals surface area contributed by atoms with Gasteiger partial charge in [0.2, 0.25) is 0 Å². The van der Waals surface area contributed by atoms with Gasteiger partial charge in [-0.2, -0.15) is 0 Å². The smallest absolute Gasteiger partial charge is 0.144 e. The van der Waals surface area contributed by atoms with Crippen LogP contribution in [0.25, 0.3) is 0 Å². The standard InChI is InChI=1S/C11H18ClN3O/c1-15(2)7-9-16-8-6-14-11-10(12)4-3-5-13-11/h3-5H,6-9H2,1-2H3,(H,13,14). The molecule has 1 rings (SSSR count). The van der Waals surface area contributed by atoms with Gasteiger partial charge in [0, 0.05) is 19.3 Å². The number of likely N-dealkylation sites (N-methyl/N-ethyl adjacent to an activating group) is 1. The molecule has 1 aromatic rings. The highest BCUT2D eigenvalue weighted by atomic mass is 35.5. The number of hydrogen-bond donors (Lipinski definition) is 1. The molecule has 0 aromatic carbocycles. The topological polar surface area (TPSA) is 37.4 Å². The molecule has 0 unspecified atom stereocenters. The summed E-state index contributed by atoms with van der Waals surface area (Å²) in [5.41, 5.74) is 0. The van der Waals surface area contributed by atoms with Crippen molar-refractivity contribution in [1.29, 1.82) is 0 Å². The molecule has 0 bridgehead atoms. The number of aromatic nitrogens is 1. The second kappa shape index (κ2) is 7.44. The molecule has 1 aromatic heterocycles. The predicted molar refractivity (Wildman–Crippen MR) is 67.1 cm³/mol. The first-order valence-corrected chi connectivity index (χ1v) is 5.65. The summed E-state index contributed by atoms with van der Waals surface area (Å²) in [7, 11) is 4.05. The Morgan fingerprint density at radius 2 is 2.25 bits per heavy atom. The Kier molecular flexibility index (Phi) is 6.15. The van der Waals surface area contributed by atoms with Crippen LogP contribution >= 0.6 is 11.6 Å². The first-order chi connectivity index (χ1) is 7.70. The van der Waals surface area contributed by atoms with Gasteiger partial charge in [-0.1, -0.05) is 11.6 Å². The molecular weight excluding hydrogens is 226 g/mol. The van der Waals surface area contributed by atoms with E-state index in [1.807, 2.05) is 20.2 Å². The largest absolute Gasteiger partial charge is 0.378 e. The van der Waals surface area contributed by atoms with Crippen molar-refractivity contribution in [1.82, 2.24) is 9.88 Å². The van der Waals surface area contributed by atoms with Crippen LogP contribution in [-0.4, -0.2) is 50.3 Å². The van der Waals surface area contributed by atoms with Crippen LogP contribution < -0.4 is 5.32 Å². The summed E-state index contributed by atoms with van der Waals surface area (Å²) in [4.78, 5) is 6.20. The van der Waals surface area contributed by atoms with Crippen molar-refractivity contribution >= 4 is 17.4 Å². The highest BCUT2D eigenvalue weighted by molar-refractivity contribution is 6.32. The van der Waals surface area contributed by atoms with Gasteiger partial charge in [0.25, 0.3) is 0 Å². The van der Waals surface area contributed by atoms with Gasteiger partial charge in [-0.3, -0.25) is 0 Å². The number of anilines is 1. The molecule has 0 spiro atoms. The average Bonchev–Trinajstić information content (AvgIpc) is 2.25. The molecule has 0 fully saturated rings. The Bertz CT molecular complexity index is 307. The van der Waals surface area contributed by atoms with Crippen LogP contribution in [0, 0.1) is 0 Å². The summed E-state index contributed by atoms with van der Waals surface area (Å²) in [6.45, 7) is 3.04. The summed E-state index contributed by atoms with van der Waals surface area (Å²) in [6, 6.07) is 3.62. The molecule has 0 saturated carbocycles. The molecule has 0 saturated heterocycles. The van der Waals surface area contributed by atoms with Crippen molar-refractivity contribution in [3.63, 3.8) is 0 Å². The first-order valence-electron chi connectivity index (χ1n) is 5.27. The lowest BCUT2D eigenvalue weighted by Gasteiger charge is -2.10. The van der Waals surface area contributed by atoms with E-state index < -0.39 is 0 Å². The minimum atomic E-state index is 0.635. The second-order valence-electron chi connectivity index (χ2n) is 3.68. The SMILES string of the molecule is CN(C)CCOCCNc1ncccc1Cl. The molecule has 0 atom stereocenters. The van der Waals surface area contributed by atoms with Gasteiger partial charge in [0.05, 0.1) is 18.2 Å². The van der Waals surface area contributed by atoms with E-state index in [0.29, 0.717) is 24.0 Å². The molecule has 1 N–H and O–H groups in total. The van der Waals surface area contributed by atoms with Gasteiger partial charge >= 0.3 is 0 Å². The summed E-state index contributed by atoms with van der Waals surface area (Å²) in [5, 5.41) is 3.75. The van der Waals surface area contributed by atoms with Crippen LogP contribution in [0.3, 0.4) is 0 Å². The molecule has 5 heteroatoms. The number of rotatable bonds is 7. The van der Waals surface area contributed by atoms with E-state index in [2.05, 4.69) is 15.2 Å². The maximum absolute atomic E-state index is 5.93. The number of halogens is 1. The molecular formula is C11H18ClN3O. The molecule has 0 amide bonds. The molecule has 0 aliphatic heterocycles. The van der Waals surface area contributed by atoms with E-state index in [9.17, 15) is 0 Å². The Balaban J connectivity index is 2.10. The minimum absolute atomic E-state index is 0.635. The van der Waals surface area contributed by atoms with Crippen LogP contribution in [-0.2, 0) is 4.74 Å². The van der Waals surface area contributed by atoms with E-state index in [1.165, 1.54) is 0 Å². The van der Waals surface area contributed by atoms with E-state index >= 15 is 0 Å². The maximum Gasteiger partial charge on any atom is 0.144 e. The van der Waals surface area contributed by atoms with Gasteiger partial charge in [0.1, 0.15) is 5.82 Å². The Labute approximate surface area is 102 Å². The molecule has 16 heavy (non-hydrogen) atoms. The van der Waals surface area contributed by atoms with Crippen LogP contribution in [0.2, 0.25) is 5.02 Å². The van der Waals surface area contributed by atoms with Gasteiger partial charge < -0.3 is 15.0 Å². The third kappa shape index (κ3) is 5.30. The quantitative estimate of drug-likeness (QED) is 0.740. The Morgan fingerprint density at radius 3 is 2.94 bits per heavy atom. The number of pyridine rings is 1. The van der Waals surface area contributed by atoms with Crippen LogP contribution in [0.4, 0.5) is 5.82 Å².